The maximum Gasteiger partial charge on any atom is 0.0152 e. The van der Waals surface area contributed by atoms with E-state index in [4.69, 9.17) is 0 Å². The third-order valence-electron chi connectivity index (χ3n) is 4.38. The monoisotopic (exact) mass is 167 g/mol. The molecule has 2 rings (SSSR count). The molecule has 1 heteroatoms. The SMILES string of the molecule is CCC1(CC)CCN2CCCC21. The molecular formula is C11H21N. The third kappa shape index (κ3) is 1.02. The van der Waals surface area contributed by atoms with Gasteiger partial charge in [0, 0.05) is 6.04 Å². The number of hydrogen-bond donors (Lipinski definition) is 0. The lowest BCUT2D eigenvalue weighted by Gasteiger charge is -2.33. The Morgan fingerprint density at radius 1 is 1.25 bits per heavy atom. The Morgan fingerprint density at radius 3 is 2.67 bits per heavy atom. The van der Waals surface area contributed by atoms with E-state index in [-0.39, 0.29) is 0 Å². The smallest absolute Gasteiger partial charge is 0.0152 e. The van der Waals surface area contributed by atoms with Gasteiger partial charge in [-0.05, 0) is 50.6 Å². The summed E-state index contributed by atoms with van der Waals surface area (Å²) in [5.41, 5.74) is 0.705. The molecular weight excluding hydrogens is 146 g/mol. The van der Waals surface area contributed by atoms with E-state index in [2.05, 4.69) is 18.7 Å². The van der Waals surface area contributed by atoms with E-state index in [9.17, 15) is 0 Å². The van der Waals surface area contributed by atoms with Gasteiger partial charge in [0.05, 0.1) is 0 Å². The van der Waals surface area contributed by atoms with E-state index in [1.807, 2.05) is 0 Å². The van der Waals surface area contributed by atoms with Gasteiger partial charge in [0.25, 0.3) is 0 Å². The van der Waals surface area contributed by atoms with E-state index >= 15 is 0 Å². The molecule has 0 aliphatic carbocycles. The molecule has 2 saturated heterocycles. The van der Waals surface area contributed by atoms with Gasteiger partial charge < -0.3 is 0 Å². The Kier molecular flexibility index (Phi) is 2.16. The molecule has 0 N–H and O–H groups in total. The topological polar surface area (TPSA) is 3.24 Å². The highest BCUT2D eigenvalue weighted by Crippen LogP contribution is 2.47. The van der Waals surface area contributed by atoms with Crippen LogP contribution in [0.5, 0.6) is 0 Å². The van der Waals surface area contributed by atoms with Crippen LogP contribution < -0.4 is 0 Å². The average molecular weight is 167 g/mol. The van der Waals surface area contributed by atoms with Gasteiger partial charge in [-0.2, -0.15) is 0 Å². The van der Waals surface area contributed by atoms with Crippen LogP contribution in [0.1, 0.15) is 46.0 Å². The minimum absolute atomic E-state index is 0.705. The third-order valence-corrected chi connectivity index (χ3v) is 4.38. The molecule has 0 bridgehead atoms. The number of hydrogen-bond acceptors (Lipinski definition) is 1. The normalized spacial score (nSPS) is 34.0. The summed E-state index contributed by atoms with van der Waals surface area (Å²) >= 11 is 0. The highest BCUT2D eigenvalue weighted by molar-refractivity contribution is 5.00. The van der Waals surface area contributed by atoms with Gasteiger partial charge in [-0.3, -0.25) is 4.90 Å². The van der Waals surface area contributed by atoms with Gasteiger partial charge in [0.1, 0.15) is 0 Å². The first-order chi connectivity index (χ1) is 5.82. The molecule has 1 unspecified atom stereocenters. The zero-order chi connectivity index (χ0) is 8.60. The Balaban J connectivity index is 2.15. The molecule has 0 amide bonds. The molecule has 0 aromatic heterocycles. The van der Waals surface area contributed by atoms with Crippen LogP contribution in [0.15, 0.2) is 0 Å². The molecule has 2 fully saturated rings. The van der Waals surface area contributed by atoms with Gasteiger partial charge in [0.2, 0.25) is 0 Å². The molecule has 1 nitrogen and oxygen atoms in total. The van der Waals surface area contributed by atoms with Crippen molar-refractivity contribution in [3.63, 3.8) is 0 Å². The predicted molar refractivity (Wildman–Crippen MR) is 52.2 cm³/mol. The second-order valence-corrected chi connectivity index (χ2v) is 4.51. The van der Waals surface area contributed by atoms with Crippen molar-refractivity contribution in [1.29, 1.82) is 0 Å². The average Bonchev–Trinajstić information content (AvgIpc) is 2.64. The zero-order valence-corrected chi connectivity index (χ0v) is 8.47. The fourth-order valence-electron chi connectivity index (χ4n) is 3.39. The molecule has 1 atom stereocenters. The van der Waals surface area contributed by atoms with Crippen molar-refractivity contribution in [3.8, 4) is 0 Å². The summed E-state index contributed by atoms with van der Waals surface area (Å²) in [5, 5.41) is 0. The fourth-order valence-corrected chi connectivity index (χ4v) is 3.39. The van der Waals surface area contributed by atoms with Crippen molar-refractivity contribution in [1.82, 2.24) is 4.90 Å². The Hall–Kier alpha value is -0.0400. The molecule has 2 aliphatic rings. The van der Waals surface area contributed by atoms with Gasteiger partial charge in [-0.15, -0.1) is 0 Å². The molecule has 0 aromatic rings. The second kappa shape index (κ2) is 3.02. The molecule has 0 spiro atoms. The van der Waals surface area contributed by atoms with Crippen LogP contribution in [0, 0.1) is 5.41 Å². The standard InChI is InChI=1S/C11H21N/c1-3-11(4-2)7-9-12-8-5-6-10(11)12/h10H,3-9H2,1-2H3. The van der Waals surface area contributed by atoms with Crippen molar-refractivity contribution in [3.05, 3.63) is 0 Å². The summed E-state index contributed by atoms with van der Waals surface area (Å²) in [5.74, 6) is 0. The Labute approximate surface area is 76.1 Å². The van der Waals surface area contributed by atoms with Crippen LogP contribution in [0.25, 0.3) is 0 Å². The summed E-state index contributed by atoms with van der Waals surface area (Å²) in [7, 11) is 0. The predicted octanol–water partition coefficient (Wildman–Crippen LogP) is 2.66. The van der Waals surface area contributed by atoms with Crippen molar-refractivity contribution in [2.45, 2.75) is 52.0 Å². The van der Waals surface area contributed by atoms with Crippen LogP contribution in [-0.4, -0.2) is 24.0 Å². The summed E-state index contributed by atoms with van der Waals surface area (Å²) in [6.45, 7) is 7.52. The largest absolute Gasteiger partial charge is 0.300 e. The number of rotatable bonds is 2. The van der Waals surface area contributed by atoms with Crippen molar-refractivity contribution in [2.75, 3.05) is 13.1 Å². The molecule has 0 radical (unpaired) electrons. The molecule has 12 heavy (non-hydrogen) atoms. The lowest BCUT2D eigenvalue weighted by atomic mass is 9.75. The maximum absolute atomic E-state index is 2.73. The lowest BCUT2D eigenvalue weighted by Crippen LogP contribution is -2.34. The van der Waals surface area contributed by atoms with E-state index < -0.39 is 0 Å². The van der Waals surface area contributed by atoms with E-state index in [0.717, 1.165) is 6.04 Å². The van der Waals surface area contributed by atoms with E-state index in [1.165, 1.54) is 45.2 Å². The molecule has 70 valence electrons. The minimum atomic E-state index is 0.705. The number of nitrogens with zero attached hydrogens (tertiary/aromatic N) is 1. The molecule has 0 saturated carbocycles. The highest BCUT2D eigenvalue weighted by atomic mass is 15.2. The van der Waals surface area contributed by atoms with Gasteiger partial charge in [0.15, 0.2) is 0 Å². The quantitative estimate of drug-likeness (QED) is 0.611. The first kappa shape index (κ1) is 8.55. The summed E-state index contributed by atoms with van der Waals surface area (Å²) in [6.07, 6.45) is 7.17. The van der Waals surface area contributed by atoms with Crippen molar-refractivity contribution >= 4 is 0 Å². The highest BCUT2D eigenvalue weighted by Gasteiger charge is 2.46. The maximum atomic E-state index is 2.73. The summed E-state index contributed by atoms with van der Waals surface area (Å²) < 4.78 is 0. The van der Waals surface area contributed by atoms with E-state index in [0.29, 0.717) is 5.41 Å². The molecule has 0 aromatic carbocycles. The fraction of sp³-hybridized carbons (Fsp3) is 1.00. The van der Waals surface area contributed by atoms with Crippen molar-refractivity contribution < 1.29 is 0 Å². The van der Waals surface area contributed by atoms with Crippen LogP contribution in [0.2, 0.25) is 0 Å². The van der Waals surface area contributed by atoms with Crippen LogP contribution in [-0.2, 0) is 0 Å². The number of fused-ring (bicyclic) bond motifs is 1. The summed E-state index contributed by atoms with van der Waals surface area (Å²) in [6, 6.07) is 0.951. The first-order valence-corrected chi connectivity index (χ1v) is 5.56. The Bertz CT molecular complexity index is 160. The molecule has 2 aliphatic heterocycles. The van der Waals surface area contributed by atoms with Crippen LogP contribution >= 0.6 is 0 Å². The van der Waals surface area contributed by atoms with Gasteiger partial charge in [-0.25, -0.2) is 0 Å². The minimum Gasteiger partial charge on any atom is -0.300 e. The second-order valence-electron chi connectivity index (χ2n) is 4.51. The van der Waals surface area contributed by atoms with Crippen molar-refractivity contribution in [2.24, 2.45) is 5.41 Å². The summed E-state index contributed by atoms with van der Waals surface area (Å²) in [4.78, 5) is 2.73. The Morgan fingerprint density at radius 2 is 2.00 bits per heavy atom. The van der Waals surface area contributed by atoms with Crippen LogP contribution in [0.3, 0.4) is 0 Å². The van der Waals surface area contributed by atoms with Gasteiger partial charge in [-0.1, -0.05) is 13.8 Å². The zero-order valence-electron chi connectivity index (χ0n) is 8.47. The lowest BCUT2D eigenvalue weighted by molar-refractivity contribution is 0.177. The van der Waals surface area contributed by atoms with Gasteiger partial charge >= 0.3 is 0 Å². The first-order valence-electron chi connectivity index (χ1n) is 5.56. The molecule has 2 heterocycles. The van der Waals surface area contributed by atoms with E-state index in [1.54, 1.807) is 0 Å². The van der Waals surface area contributed by atoms with Crippen LogP contribution in [0.4, 0.5) is 0 Å².